The lowest BCUT2D eigenvalue weighted by atomic mass is 9.88. The quantitative estimate of drug-likeness (QED) is 0.237. The molecule has 0 saturated carbocycles. The van der Waals surface area contributed by atoms with E-state index in [9.17, 15) is 0 Å². The van der Waals surface area contributed by atoms with Crippen molar-refractivity contribution in [1.82, 2.24) is 0 Å². The molecular weight excluding hydrogens is 458 g/mol. The summed E-state index contributed by atoms with van der Waals surface area (Å²) in [4.78, 5) is 2.15. The Morgan fingerprint density at radius 2 is 0.842 bits per heavy atom. The maximum atomic E-state index is 2.24. The van der Waals surface area contributed by atoms with E-state index in [0.29, 0.717) is 0 Å². The molecule has 0 aliphatic rings. The first-order valence-corrected chi connectivity index (χ1v) is 13.2. The minimum Gasteiger partial charge on any atom is -0.377 e. The summed E-state index contributed by atoms with van der Waals surface area (Å²) in [7, 11) is 4.16. The van der Waals surface area contributed by atoms with Crippen LogP contribution in [0.1, 0.15) is 16.7 Å². The molecule has 0 unspecified atom stereocenters. The molecule has 0 fully saturated rings. The largest absolute Gasteiger partial charge is 0.377 e. The molecule has 1 nitrogen and oxygen atoms in total. The predicted octanol–water partition coefficient (Wildman–Crippen LogP) is 10.0. The average Bonchev–Trinajstić information content (AvgIpc) is 2.94. The zero-order valence-corrected chi connectivity index (χ0v) is 23.0. The summed E-state index contributed by atoms with van der Waals surface area (Å²) in [5.41, 5.74) is 10.6. The average molecular weight is 494 g/mol. The van der Waals surface area contributed by atoms with Crippen molar-refractivity contribution < 1.29 is 0 Å². The zero-order chi connectivity index (χ0) is 26.6. The van der Waals surface area contributed by atoms with Gasteiger partial charge in [-0.15, -0.1) is 0 Å². The van der Waals surface area contributed by atoms with Crippen LogP contribution < -0.4 is 4.90 Å². The Labute approximate surface area is 227 Å². The summed E-state index contributed by atoms with van der Waals surface area (Å²) in [6, 6.07) is 43.2. The van der Waals surface area contributed by atoms with E-state index in [2.05, 4.69) is 161 Å². The predicted molar refractivity (Wildman–Crippen MR) is 167 cm³/mol. The van der Waals surface area contributed by atoms with Crippen LogP contribution in [-0.2, 0) is 0 Å². The number of rotatable bonds is 3. The Morgan fingerprint density at radius 3 is 1.37 bits per heavy atom. The van der Waals surface area contributed by atoms with Crippen molar-refractivity contribution in [2.24, 2.45) is 0 Å². The number of aryl methyl sites for hydroxylation is 3. The molecule has 6 aromatic rings. The summed E-state index contributed by atoms with van der Waals surface area (Å²) in [6.45, 7) is 6.58. The molecule has 188 valence electrons. The molecule has 0 aliphatic heterocycles. The van der Waals surface area contributed by atoms with E-state index in [0.717, 1.165) is 0 Å². The Bertz CT molecular complexity index is 1640. The van der Waals surface area contributed by atoms with Crippen molar-refractivity contribution >= 4 is 27.2 Å². The van der Waals surface area contributed by atoms with E-state index in [1.54, 1.807) is 0 Å². The van der Waals surface area contributed by atoms with E-state index in [1.165, 1.54) is 66.2 Å². The number of fused-ring (bicyclic) bond motifs is 2. The van der Waals surface area contributed by atoms with Gasteiger partial charge in [0.15, 0.2) is 0 Å². The van der Waals surface area contributed by atoms with E-state index in [1.807, 2.05) is 0 Å². The van der Waals surface area contributed by atoms with Crippen molar-refractivity contribution in [3.8, 4) is 22.3 Å². The summed E-state index contributed by atoms with van der Waals surface area (Å²) in [5.74, 6) is 0. The molecule has 0 saturated heterocycles. The minimum atomic E-state index is 1.26. The van der Waals surface area contributed by atoms with Crippen LogP contribution in [0.3, 0.4) is 0 Å². The zero-order valence-electron chi connectivity index (χ0n) is 23.0. The van der Waals surface area contributed by atoms with Crippen molar-refractivity contribution in [3.05, 3.63) is 138 Å². The molecule has 0 amide bonds. The summed E-state index contributed by atoms with van der Waals surface area (Å²) < 4.78 is 0. The first-order chi connectivity index (χ1) is 18.5. The highest BCUT2D eigenvalue weighted by Crippen LogP contribution is 2.38. The van der Waals surface area contributed by atoms with Crippen molar-refractivity contribution in [2.75, 3.05) is 19.0 Å². The maximum Gasteiger partial charge on any atom is 0.0440 e. The lowest BCUT2D eigenvalue weighted by Crippen LogP contribution is -2.09. The van der Waals surface area contributed by atoms with E-state index >= 15 is 0 Å². The normalized spacial score (nSPS) is 10.8. The van der Waals surface area contributed by atoms with Gasteiger partial charge in [0.25, 0.3) is 0 Å². The van der Waals surface area contributed by atoms with Gasteiger partial charge in [0, 0.05) is 25.3 Å². The molecule has 0 radical (unpaired) electrons. The third-order valence-electron chi connectivity index (χ3n) is 7.35. The van der Waals surface area contributed by atoms with Gasteiger partial charge in [0.1, 0.15) is 0 Å². The van der Waals surface area contributed by atoms with Crippen LogP contribution in [0.25, 0.3) is 43.8 Å². The summed E-state index contributed by atoms with van der Waals surface area (Å²) >= 11 is 0. The highest BCUT2D eigenvalue weighted by atomic mass is 15.1. The van der Waals surface area contributed by atoms with E-state index in [-0.39, 0.29) is 0 Å². The van der Waals surface area contributed by atoms with Gasteiger partial charge in [-0.3, -0.25) is 0 Å². The van der Waals surface area contributed by atoms with Crippen LogP contribution in [0.2, 0.25) is 0 Å². The van der Waals surface area contributed by atoms with Gasteiger partial charge in [-0.2, -0.15) is 0 Å². The Hall–Kier alpha value is -4.36. The second-order valence-electron chi connectivity index (χ2n) is 10.2. The lowest BCUT2D eigenvalue weighted by Gasteiger charge is -2.18. The molecular formula is C37H35N. The molecule has 0 spiro atoms. The number of anilines is 1. The smallest absolute Gasteiger partial charge is 0.0440 e. The molecule has 6 aromatic carbocycles. The monoisotopic (exact) mass is 493 g/mol. The third-order valence-corrected chi connectivity index (χ3v) is 7.35. The van der Waals surface area contributed by atoms with Crippen molar-refractivity contribution in [2.45, 2.75) is 20.8 Å². The van der Waals surface area contributed by atoms with Gasteiger partial charge >= 0.3 is 0 Å². The maximum absolute atomic E-state index is 2.24. The topological polar surface area (TPSA) is 3.24 Å². The molecule has 0 bridgehead atoms. The number of para-hydroxylation sites is 1. The summed E-state index contributed by atoms with van der Waals surface area (Å²) in [6.07, 6.45) is 0. The number of hydrogen-bond acceptors (Lipinski definition) is 1. The van der Waals surface area contributed by atoms with Gasteiger partial charge in [-0.05, 0) is 81.8 Å². The van der Waals surface area contributed by atoms with Crippen LogP contribution >= 0.6 is 0 Å². The van der Waals surface area contributed by atoms with Crippen molar-refractivity contribution in [1.29, 1.82) is 0 Å². The molecule has 1 heteroatoms. The fourth-order valence-electron chi connectivity index (χ4n) is 5.39. The molecule has 0 heterocycles. The number of hydrogen-bond donors (Lipinski definition) is 0. The van der Waals surface area contributed by atoms with Crippen LogP contribution in [0, 0.1) is 20.8 Å². The Morgan fingerprint density at radius 1 is 0.395 bits per heavy atom. The van der Waals surface area contributed by atoms with Gasteiger partial charge in [0.2, 0.25) is 0 Å². The fourth-order valence-corrected chi connectivity index (χ4v) is 5.39. The van der Waals surface area contributed by atoms with Gasteiger partial charge in [-0.1, -0.05) is 115 Å². The van der Waals surface area contributed by atoms with Crippen LogP contribution in [0.15, 0.2) is 121 Å². The molecule has 0 aromatic heterocycles. The van der Waals surface area contributed by atoms with Gasteiger partial charge < -0.3 is 4.90 Å². The standard InChI is InChI=1S/C22H18.C15H17N/c1-15-11-13-17-7-3-5-9-19(17)21(15)22-16(2)12-14-18-8-4-6-10-20(18)22;1-12-8-4-5-9-13(12)14-10-6-7-11-15(14)16(2)3/h3-14H,1-2H3;4-11H,1-3H3. The Kier molecular flexibility index (Phi) is 7.29. The fraction of sp³-hybridized carbons (Fsp3) is 0.135. The van der Waals surface area contributed by atoms with E-state index in [4.69, 9.17) is 0 Å². The van der Waals surface area contributed by atoms with Crippen LogP contribution in [0.5, 0.6) is 0 Å². The molecule has 6 rings (SSSR count). The SMILES string of the molecule is Cc1ccc2ccccc2c1-c1c(C)ccc2ccccc12.Cc1ccccc1-c1ccccc1N(C)C. The highest BCUT2D eigenvalue weighted by molar-refractivity contribution is 6.07. The molecule has 0 atom stereocenters. The highest BCUT2D eigenvalue weighted by Gasteiger charge is 2.13. The first kappa shape index (κ1) is 25.3. The van der Waals surface area contributed by atoms with Gasteiger partial charge in [-0.25, -0.2) is 0 Å². The molecule has 0 aliphatic carbocycles. The second kappa shape index (κ2) is 10.9. The number of benzene rings is 6. The van der Waals surface area contributed by atoms with Crippen LogP contribution in [-0.4, -0.2) is 14.1 Å². The van der Waals surface area contributed by atoms with E-state index < -0.39 is 0 Å². The Balaban J connectivity index is 0.000000163. The molecule has 0 N–H and O–H groups in total. The second-order valence-corrected chi connectivity index (χ2v) is 10.2. The lowest BCUT2D eigenvalue weighted by molar-refractivity contribution is 1.13. The summed E-state index contributed by atoms with van der Waals surface area (Å²) in [5, 5.41) is 5.27. The van der Waals surface area contributed by atoms with Crippen LogP contribution in [0.4, 0.5) is 5.69 Å². The van der Waals surface area contributed by atoms with Gasteiger partial charge in [0.05, 0.1) is 0 Å². The third kappa shape index (κ3) is 4.93. The first-order valence-electron chi connectivity index (χ1n) is 13.2. The van der Waals surface area contributed by atoms with Crippen molar-refractivity contribution in [3.63, 3.8) is 0 Å². The molecule has 38 heavy (non-hydrogen) atoms. The minimum absolute atomic E-state index is 1.26. The number of nitrogens with zero attached hydrogens (tertiary/aromatic N) is 1.